The van der Waals surface area contributed by atoms with Crippen LogP contribution in [0.5, 0.6) is 0 Å². The Morgan fingerprint density at radius 2 is 2.16 bits per heavy atom. The van der Waals surface area contributed by atoms with E-state index in [9.17, 15) is 9.90 Å². The van der Waals surface area contributed by atoms with Gasteiger partial charge >= 0.3 is 5.97 Å². The van der Waals surface area contributed by atoms with Crippen LogP contribution in [0, 0.1) is 0 Å². The highest BCUT2D eigenvalue weighted by molar-refractivity contribution is 5.76. The van der Waals surface area contributed by atoms with Crippen LogP contribution in [0.15, 0.2) is 30.3 Å². The number of hydrogen-bond donors (Lipinski definition) is 2. The molecule has 0 amide bonds. The summed E-state index contributed by atoms with van der Waals surface area (Å²) in [5, 5.41) is 12.7. The van der Waals surface area contributed by atoms with E-state index in [0.717, 1.165) is 24.8 Å². The van der Waals surface area contributed by atoms with Crippen LogP contribution in [0.1, 0.15) is 30.7 Å². The number of carbonyl (C=O) groups is 1. The molecule has 1 aromatic rings. The smallest absolute Gasteiger partial charge is 0.312 e. The zero-order chi connectivity index (χ0) is 13.2. The van der Waals surface area contributed by atoms with Crippen LogP contribution < -0.4 is 5.32 Å². The number of hydrogen-bond acceptors (Lipinski definition) is 3. The molecule has 2 aliphatic heterocycles. The molecule has 102 valence electrons. The zero-order valence-electron chi connectivity index (χ0n) is 10.8. The van der Waals surface area contributed by atoms with Gasteiger partial charge in [-0.25, -0.2) is 0 Å². The minimum absolute atomic E-state index is 0.287. The normalized spacial score (nSPS) is 30.4. The first-order chi connectivity index (χ1) is 9.24. The molecule has 2 saturated heterocycles. The topological polar surface area (TPSA) is 58.6 Å². The van der Waals surface area contributed by atoms with Gasteiger partial charge in [0.1, 0.15) is 0 Å². The first-order valence-electron chi connectivity index (χ1n) is 6.90. The van der Waals surface area contributed by atoms with Gasteiger partial charge in [0.25, 0.3) is 0 Å². The number of ether oxygens (including phenoxy) is 1. The average molecular weight is 261 g/mol. The van der Waals surface area contributed by atoms with E-state index in [1.165, 1.54) is 0 Å². The van der Waals surface area contributed by atoms with Crippen molar-refractivity contribution in [2.75, 3.05) is 6.54 Å². The Kier molecular flexibility index (Phi) is 3.53. The van der Waals surface area contributed by atoms with Crippen LogP contribution in [0.3, 0.4) is 0 Å². The lowest BCUT2D eigenvalue weighted by Crippen LogP contribution is -2.40. The van der Waals surface area contributed by atoms with Crippen molar-refractivity contribution in [3.63, 3.8) is 0 Å². The average Bonchev–Trinajstić information content (AvgIpc) is 3.02. The first kappa shape index (κ1) is 12.6. The van der Waals surface area contributed by atoms with Gasteiger partial charge in [-0.2, -0.15) is 0 Å². The van der Waals surface area contributed by atoms with Gasteiger partial charge in [0, 0.05) is 12.6 Å². The molecule has 2 N–H and O–H groups in total. The summed E-state index contributed by atoms with van der Waals surface area (Å²) in [5.74, 6) is -1.26. The summed E-state index contributed by atoms with van der Waals surface area (Å²) in [6, 6.07) is 9.73. The van der Waals surface area contributed by atoms with E-state index >= 15 is 0 Å². The van der Waals surface area contributed by atoms with E-state index in [2.05, 4.69) is 5.32 Å². The summed E-state index contributed by atoms with van der Waals surface area (Å²) in [6.45, 7) is 0.469. The third-order valence-corrected chi connectivity index (χ3v) is 4.19. The van der Waals surface area contributed by atoms with Crippen LogP contribution >= 0.6 is 0 Å². The molecule has 3 rings (SSSR count). The Morgan fingerprint density at radius 1 is 1.37 bits per heavy atom. The maximum absolute atomic E-state index is 11.4. The molecule has 4 atom stereocenters. The molecule has 2 bridgehead atoms. The maximum Gasteiger partial charge on any atom is 0.312 e. The molecule has 4 nitrogen and oxygen atoms in total. The number of carboxylic acids is 1. The summed E-state index contributed by atoms with van der Waals surface area (Å²) < 4.78 is 5.77. The first-order valence-corrected chi connectivity index (χ1v) is 6.90. The van der Waals surface area contributed by atoms with Crippen LogP contribution in [-0.2, 0) is 9.53 Å². The van der Waals surface area contributed by atoms with Crippen molar-refractivity contribution in [3.05, 3.63) is 35.9 Å². The largest absolute Gasteiger partial charge is 0.481 e. The van der Waals surface area contributed by atoms with Gasteiger partial charge in [-0.1, -0.05) is 30.3 Å². The molecular formula is C15H19NO3. The Labute approximate surface area is 112 Å². The third kappa shape index (κ3) is 2.65. The molecule has 2 aliphatic rings. The standard InChI is InChI=1S/C15H19NO3/c17-15(18)12(10-4-2-1-3-5-10)9-16-13-8-11-6-7-14(13)19-11/h1-5,11-14,16H,6-9H2,(H,17,18). The van der Waals surface area contributed by atoms with Gasteiger partial charge in [-0.15, -0.1) is 0 Å². The van der Waals surface area contributed by atoms with Crippen molar-refractivity contribution in [1.82, 2.24) is 5.32 Å². The number of carboxylic acid groups (broad SMARTS) is 1. The minimum atomic E-state index is -0.775. The highest BCUT2D eigenvalue weighted by atomic mass is 16.5. The van der Waals surface area contributed by atoms with Crippen LogP contribution in [-0.4, -0.2) is 35.9 Å². The predicted octanol–water partition coefficient (Wildman–Crippen LogP) is 1.76. The van der Waals surface area contributed by atoms with Gasteiger partial charge in [0.15, 0.2) is 0 Å². The fourth-order valence-corrected chi connectivity index (χ4v) is 3.15. The molecule has 0 spiro atoms. The lowest BCUT2D eigenvalue weighted by atomic mass is 9.94. The van der Waals surface area contributed by atoms with Gasteiger partial charge in [-0.05, 0) is 24.8 Å². The second kappa shape index (κ2) is 5.31. The van der Waals surface area contributed by atoms with Gasteiger partial charge in [-0.3, -0.25) is 4.79 Å². The van der Waals surface area contributed by atoms with Crippen molar-refractivity contribution in [2.45, 2.75) is 43.4 Å². The van der Waals surface area contributed by atoms with Crippen molar-refractivity contribution >= 4 is 5.97 Å². The summed E-state index contributed by atoms with van der Waals surface area (Å²) in [5.41, 5.74) is 0.853. The van der Waals surface area contributed by atoms with E-state index in [0.29, 0.717) is 18.7 Å². The molecule has 4 heteroatoms. The van der Waals surface area contributed by atoms with Gasteiger partial charge < -0.3 is 15.2 Å². The molecule has 1 aromatic carbocycles. The fourth-order valence-electron chi connectivity index (χ4n) is 3.15. The maximum atomic E-state index is 11.4. The monoisotopic (exact) mass is 261 g/mol. The summed E-state index contributed by atoms with van der Waals surface area (Å²) >= 11 is 0. The molecule has 0 aromatic heterocycles. The van der Waals surface area contributed by atoms with Crippen LogP contribution in [0.2, 0.25) is 0 Å². The van der Waals surface area contributed by atoms with Crippen molar-refractivity contribution in [1.29, 1.82) is 0 Å². The van der Waals surface area contributed by atoms with E-state index in [1.54, 1.807) is 0 Å². The summed E-state index contributed by atoms with van der Waals surface area (Å²) in [6.07, 6.45) is 3.96. The van der Waals surface area contributed by atoms with Gasteiger partial charge in [0.2, 0.25) is 0 Å². The lowest BCUT2D eigenvalue weighted by Gasteiger charge is -2.22. The second-order valence-electron chi connectivity index (χ2n) is 5.43. The minimum Gasteiger partial charge on any atom is -0.481 e. The lowest BCUT2D eigenvalue weighted by molar-refractivity contribution is -0.138. The second-order valence-corrected chi connectivity index (χ2v) is 5.43. The predicted molar refractivity (Wildman–Crippen MR) is 71.1 cm³/mol. The van der Waals surface area contributed by atoms with E-state index in [4.69, 9.17) is 4.74 Å². The van der Waals surface area contributed by atoms with E-state index in [1.807, 2.05) is 30.3 Å². The third-order valence-electron chi connectivity index (χ3n) is 4.19. The van der Waals surface area contributed by atoms with E-state index < -0.39 is 11.9 Å². The molecule has 0 radical (unpaired) electrons. The van der Waals surface area contributed by atoms with E-state index in [-0.39, 0.29) is 6.10 Å². The summed E-state index contributed by atoms with van der Waals surface area (Å²) in [7, 11) is 0. The number of rotatable bonds is 5. The number of aliphatic carboxylic acids is 1. The van der Waals surface area contributed by atoms with Crippen molar-refractivity contribution in [2.24, 2.45) is 0 Å². The highest BCUT2D eigenvalue weighted by Crippen LogP contribution is 2.34. The SMILES string of the molecule is O=C(O)C(CNC1CC2CCC1O2)c1ccccc1. The molecule has 0 saturated carbocycles. The molecule has 2 fully saturated rings. The number of benzene rings is 1. The molecule has 4 unspecified atom stereocenters. The summed E-state index contributed by atoms with van der Waals surface area (Å²) in [4.78, 5) is 11.4. The van der Waals surface area contributed by atoms with Crippen LogP contribution in [0.4, 0.5) is 0 Å². The Balaban J connectivity index is 1.61. The van der Waals surface area contributed by atoms with Crippen molar-refractivity contribution in [3.8, 4) is 0 Å². The number of nitrogens with one attached hydrogen (secondary N) is 1. The van der Waals surface area contributed by atoms with Gasteiger partial charge in [0.05, 0.1) is 18.1 Å². The molecule has 0 aliphatic carbocycles. The Hall–Kier alpha value is -1.39. The number of fused-ring (bicyclic) bond motifs is 2. The molecular weight excluding hydrogens is 242 g/mol. The molecule has 19 heavy (non-hydrogen) atoms. The molecule has 2 heterocycles. The van der Waals surface area contributed by atoms with Crippen LogP contribution in [0.25, 0.3) is 0 Å². The zero-order valence-corrected chi connectivity index (χ0v) is 10.8. The fraction of sp³-hybridized carbons (Fsp3) is 0.533. The Morgan fingerprint density at radius 3 is 2.74 bits per heavy atom. The van der Waals surface area contributed by atoms with Crippen molar-refractivity contribution < 1.29 is 14.6 Å². The quantitative estimate of drug-likeness (QED) is 0.848. The Bertz CT molecular complexity index is 448. The highest BCUT2D eigenvalue weighted by Gasteiger charge is 2.40.